The molecule has 4 rings (SSSR count). The lowest BCUT2D eigenvalue weighted by atomic mass is 10.0. The zero-order valence-electron chi connectivity index (χ0n) is 15.2. The number of piperazine rings is 1. The van der Waals surface area contributed by atoms with Gasteiger partial charge < -0.3 is 19.3 Å². The molecule has 27 heavy (non-hydrogen) atoms. The van der Waals surface area contributed by atoms with Gasteiger partial charge in [0.2, 0.25) is 16.8 Å². The molecule has 7 nitrogen and oxygen atoms in total. The molecule has 1 saturated heterocycles. The molecule has 1 aromatic carbocycles. The Balaban J connectivity index is 1.56. The number of ether oxygens (including phenoxy) is 2. The van der Waals surface area contributed by atoms with E-state index in [9.17, 15) is 8.42 Å². The number of sulfonamides is 1. The number of benzene rings is 1. The summed E-state index contributed by atoms with van der Waals surface area (Å²) in [5.74, 6) is 1.48. The van der Waals surface area contributed by atoms with Crippen LogP contribution in [0.2, 0.25) is 0 Å². The summed E-state index contributed by atoms with van der Waals surface area (Å²) in [5, 5.41) is 1.78. The van der Waals surface area contributed by atoms with E-state index in [4.69, 9.17) is 9.47 Å². The Morgan fingerprint density at radius 2 is 1.93 bits per heavy atom. The number of nitrogens with one attached hydrogen (secondary N) is 3. The van der Waals surface area contributed by atoms with Crippen molar-refractivity contribution in [2.75, 3.05) is 46.6 Å². The van der Waals surface area contributed by atoms with Crippen molar-refractivity contribution < 1.29 is 27.7 Å². The summed E-state index contributed by atoms with van der Waals surface area (Å²) in [5.41, 5.74) is 1.07. The number of likely N-dealkylation sites (N-methyl/N-ethyl adjacent to an activating group) is 1. The monoisotopic (exact) mass is 411 g/mol. The highest BCUT2D eigenvalue weighted by atomic mass is 32.2. The Bertz CT molecular complexity index is 878. The molecule has 2 aromatic rings. The maximum atomic E-state index is 12.6. The molecule has 0 amide bonds. The summed E-state index contributed by atoms with van der Waals surface area (Å²) >= 11 is 1.23. The van der Waals surface area contributed by atoms with Crippen molar-refractivity contribution in [1.29, 1.82) is 0 Å². The van der Waals surface area contributed by atoms with Gasteiger partial charge >= 0.3 is 0 Å². The fraction of sp³-hybridized carbons (Fsp3) is 0.444. The highest BCUT2D eigenvalue weighted by molar-refractivity contribution is 7.91. The third kappa shape index (κ3) is 4.12. The van der Waals surface area contributed by atoms with Crippen LogP contribution in [0.4, 0.5) is 0 Å². The van der Waals surface area contributed by atoms with Crippen LogP contribution in [0, 0.1) is 0 Å². The van der Waals surface area contributed by atoms with E-state index in [0.29, 0.717) is 10.8 Å². The first-order valence-corrected chi connectivity index (χ1v) is 11.5. The van der Waals surface area contributed by atoms with Gasteiger partial charge in [-0.05, 0) is 29.6 Å². The molecule has 0 unspecified atom stereocenters. The van der Waals surface area contributed by atoms with Gasteiger partial charge in [0, 0.05) is 5.56 Å². The molecule has 3 N–H and O–H groups in total. The highest BCUT2D eigenvalue weighted by Gasteiger charge is 2.32. The summed E-state index contributed by atoms with van der Waals surface area (Å²) in [6, 6.07) is 9.35. The van der Waals surface area contributed by atoms with Crippen molar-refractivity contribution in [3.8, 4) is 11.5 Å². The predicted molar refractivity (Wildman–Crippen MR) is 102 cm³/mol. The van der Waals surface area contributed by atoms with Crippen LogP contribution in [-0.4, -0.2) is 55.0 Å². The third-order valence-corrected chi connectivity index (χ3v) is 8.10. The average Bonchev–Trinajstić information content (AvgIpc) is 3.35. The standard InChI is InChI=1S/C18H23N3O4S2/c1-20-6-8-21(9-7-20)15(12-19-27(22,23)18-3-2-10-26-18)14-4-5-16-17(11-14)25-13-24-16/h2-5,10-11,15,19H,6-9,12-13H2,1H3/p+2/t15-/m1/s1. The molecule has 146 valence electrons. The molecule has 2 aliphatic heterocycles. The van der Waals surface area contributed by atoms with E-state index < -0.39 is 10.0 Å². The molecule has 1 atom stereocenters. The lowest BCUT2D eigenvalue weighted by Gasteiger charge is -2.33. The normalized spacial score (nSPS) is 23.3. The average molecular weight is 412 g/mol. The first kappa shape index (κ1) is 18.7. The summed E-state index contributed by atoms with van der Waals surface area (Å²) in [4.78, 5) is 2.91. The van der Waals surface area contributed by atoms with E-state index >= 15 is 0 Å². The Labute approximate surface area is 163 Å². The molecular formula is C18H25N3O4S2+2. The number of fused-ring (bicyclic) bond motifs is 1. The van der Waals surface area contributed by atoms with Crippen molar-refractivity contribution in [3.63, 3.8) is 0 Å². The molecule has 3 heterocycles. The maximum absolute atomic E-state index is 12.6. The Kier molecular flexibility index (Phi) is 5.38. The second-order valence-electron chi connectivity index (χ2n) is 7.06. The van der Waals surface area contributed by atoms with Gasteiger partial charge in [0.15, 0.2) is 11.5 Å². The van der Waals surface area contributed by atoms with Gasteiger partial charge in [-0.2, -0.15) is 0 Å². The molecule has 0 spiro atoms. The van der Waals surface area contributed by atoms with Gasteiger partial charge in [-0.25, -0.2) is 13.1 Å². The van der Waals surface area contributed by atoms with Crippen LogP contribution in [0.3, 0.4) is 0 Å². The molecule has 0 aliphatic carbocycles. The molecule has 0 bridgehead atoms. The molecular weight excluding hydrogens is 386 g/mol. The predicted octanol–water partition coefficient (Wildman–Crippen LogP) is -1.09. The van der Waals surface area contributed by atoms with Crippen LogP contribution in [0.15, 0.2) is 39.9 Å². The summed E-state index contributed by atoms with van der Waals surface area (Å²) < 4.78 is 39.3. The molecule has 2 aliphatic rings. The van der Waals surface area contributed by atoms with Crippen LogP contribution in [-0.2, 0) is 10.0 Å². The molecule has 1 fully saturated rings. The van der Waals surface area contributed by atoms with Crippen LogP contribution in [0.25, 0.3) is 0 Å². The van der Waals surface area contributed by atoms with Crippen molar-refractivity contribution >= 4 is 21.4 Å². The summed E-state index contributed by atoms with van der Waals surface area (Å²) in [6.07, 6.45) is 0. The van der Waals surface area contributed by atoms with Crippen molar-refractivity contribution in [3.05, 3.63) is 41.3 Å². The van der Waals surface area contributed by atoms with E-state index in [1.165, 1.54) is 21.1 Å². The van der Waals surface area contributed by atoms with E-state index in [1.807, 2.05) is 18.2 Å². The van der Waals surface area contributed by atoms with Crippen LogP contribution in [0.5, 0.6) is 11.5 Å². The van der Waals surface area contributed by atoms with Crippen LogP contribution < -0.4 is 24.0 Å². The fourth-order valence-electron chi connectivity index (χ4n) is 3.65. The number of hydrogen-bond acceptors (Lipinski definition) is 5. The number of quaternary nitrogens is 2. The van der Waals surface area contributed by atoms with Crippen LogP contribution in [0.1, 0.15) is 11.6 Å². The lowest BCUT2D eigenvalue weighted by Crippen LogP contribution is -3.27. The molecule has 9 heteroatoms. The third-order valence-electron chi connectivity index (χ3n) is 5.27. The number of hydrogen-bond donors (Lipinski definition) is 3. The number of rotatable bonds is 6. The van der Waals surface area contributed by atoms with E-state index in [2.05, 4.69) is 11.8 Å². The van der Waals surface area contributed by atoms with Gasteiger partial charge in [-0.3, -0.25) is 0 Å². The Morgan fingerprint density at radius 3 is 2.67 bits per heavy atom. The number of thiophene rings is 1. The minimum absolute atomic E-state index is 0.0299. The first-order chi connectivity index (χ1) is 13.0. The fourth-order valence-corrected chi connectivity index (χ4v) is 5.74. The quantitative estimate of drug-likeness (QED) is 0.565. The van der Waals surface area contributed by atoms with Crippen molar-refractivity contribution in [2.45, 2.75) is 10.3 Å². The van der Waals surface area contributed by atoms with Crippen LogP contribution >= 0.6 is 11.3 Å². The van der Waals surface area contributed by atoms with Crippen molar-refractivity contribution in [2.24, 2.45) is 0 Å². The van der Waals surface area contributed by atoms with Gasteiger partial charge in [0.05, 0.1) is 13.6 Å². The summed E-state index contributed by atoms with van der Waals surface area (Å²) in [6.45, 7) is 4.76. The van der Waals surface area contributed by atoms with E-state index in [-0.39, 0.29) is 12.8 Å². The van der Waals surface area contributed by atoms with Gasteiger partial charge in [-0.15, -0.1) is 11.3 Å². The largest absolute Gasteiger partial charge is 0.454 e. The minimum atomic E-state index is -3.49. The zero-order chi connectivity index (χ0) is 18.9. The minimum Gasteiger partial charge on any atom is -0.454 e. The Hall–Kier alpha value is -1.65. The molecule has 0 radical (unpaired) electrons. The van der Waals surface area contributed by atoms with Crippen molar-refractivity contribution in [1.82, 2.24) is 4.72 Å². The van der Waals surface area contributed by atoms with E-state index in [1.54, 1.807) is 17.5 Å². The van der Waals surface area contributed by atoms with Gasteiger partial charge in [-0.1, -0.05) is 6.07 Å². The van der Waals surface area contributed by atoms with Gasteiger partial charge in [0.1, 0.15) is 36.4 Å². The molecule has 0 saturated carbocycles. The lowest BCUT2D eigenvalue weighted by molar-refractivity contribution is -1.02. The SMILES string of the molecule is C[NH+]1CC[NH+]([C@H](CNS(=O)(=O)c2cccs2)c2ccc3c(c2)OCO3)CC1. The maximum Gasteiger partial charge on any atom is 0.250 e. The zero-order valence-corrected chi connectivity index (χ0v) is 16.9. The Morgan fingerprint density at radius 1 is 1.15 bits per heavy atom. The second kappa shape index (κ2) is 7.76. The topological polar surface area (TPSA) is 73.5 Å². The molecule has 1 aromatic heterocycles. The highest BCUT2D eigenvalue weighted by Crippen LogP contribution is 2.33. The summed E-state index contributed by atoms with van der Waals surface area (Å²) in [7, 11) is -1.29. The smallest absolute Gasteiger partial charge is 0.250 e. The second-order valence-corrected chi connectivity index (χ2v) is 10.0. The van der Waals surface area contributed by atoms with Gasteiger partial charge in [0.25, 0.3) is 0 Å². The first-order valence-electron chi connectivity index (χ1n) is 9.11. The van der Waals surface area contributed by atoms with E-state index in [0.717, 1.165) is 43.2 Å².